The number of rotatable bonds is 6. The highest BCUT2D eigenvalue weighted by Crippen LogP contribution is 2.54. The Kier molecular flexibility index (Phi) is 10.5. The first-order valence-electron chi connectivity index (χ1n) is 28.4. The van der Waals surface area contributed by atoms with Gasteiger partial charge in [-0.2, -0.15) is 0 Å². The summed E-state index contributed by atoms with van der Waals surface area (Å²) in [6, 6.07) is 59.8. The molecule has 2 aromatic heterocycles. The Balaban J connectivity index is 0.853. The molecule has 9 aromatic carbocycles. The minimum atomic E-state index is -0.161. The Morgan fingerprint density at radius 1 is 0.500 bits per heavy atom. The van der Waals surface area contributed by atoms with Crippen LogP contribution in [-0.4, -0.2) is 12.2 Å². The van der Waals surface area contributed by atoms with Crippen LogP contribution in [0.1, 0.15) is 89.1 Å². The van der Waals surface area contributed by atoms with Crippen LogP contribution in [0.15, 0.2) is 196 Å². The summed E-state index contributed by atoms with van der Waals surface area (Å²) in [6.45, 7) is 22.5. The number of hydrogen-bond acceptors (Lipinski definition) is 6. The zero-order chi connectivity index (χ0) is 54.7. The van der Waals surface area contributed by atoms with Gasteiger partial charge in [-0.1, -0.05) is 158 Å². The maximum absolute atomic E-state index is 7.15. The molecule has 0 fully saturated rings. The van der Waals surface area contributed by atoms with Gasteiger partial charge < -0.3 is 28.1 Å². The van der Waals surface area contributed by atoms with Gasteiger partial charge in [-0.15, -0.1) is 0 Å². The van der Waals surface area contributed by atoms with Crippen molar-refractivity contribution in [3.05, 3.63) is 226 Å². The lowest BCUT2D eigenvalue weighted by Crippen LogP contribution is -2.40. The van der Waals surface area contributed by atoms with Gasteiger partial charge in [-0.05, 0) is 148 Å². The molecule has 0 radical (unpaired) electrons. The van der Waals surface area contributed by atoms with E-state index in [1.807, 2.05) is 0 Å². The van der Waals surface area contributed by atoms with Crippen molar-refractivity contribution in [3.8, 4) is 11.5 Å². The van der Waals surface area contributed by atoms with Crippen molar-refractivity contribution in [3.63, 3.8) is 0 Å². The molecule has 15 rings (SSSR count). The zero-order valence-corrected chi connectivity index (χ0v) is 47.2. The van der Waals surface area contributed by atoms with E-state index < -0.39 is 0 Å². The monoisotopic (exact) mass is 1040 g/mol. The smallest absolute Gasteiger partial charge is 0.159 e. The molecule has 4 unspecified atom stereocenters. The largest absolute Gasteiger partial charge is 0.484 e. The third-order valence-corrected chi connectivity index (χ3v) is 17.9. The maximum atomic E-state index is 7.15. The summed E-state index contributed by atoms with van der Waals surface area (Å²) in [7, 11) is 0. The SMILES string of the molecule is CC1=c2oc3cc4cc(N(c5ccccc5C)c5cccc6c5OC5C(C(C)(C)C)=CC=CC65)ccc4cc3c2=C2c3cc4ccc(N(c5ccccc5C)c5cccc6c5oc5c(C(C)(C)C)cccc56)cc4cc3OC2C1C. The standard InChI is InChI=1S/C74H64N2O4/c1-41-19-11-13-27-59(41)75(61-29-17-23-53-51-21-15-25-57(73(5,6)7)69(51)79-71(53)61)49-33-31-45-37-55-63(39-47(45)35-49)77-67-43(3)44(4)68-66(65(55)67)56-38-46-32-34-50(36-48(46)40-64(56)78-68)76(60-28-14-12-20-42(60)2)62-30-18-24-54-52-22-16-26-58(74(8,9)10)70(52)80-72(54)62/h11-40,43,52,67,70H,1-10H3. The number of anilines is 6. The molecule has 6 nitrogen and oxygen atoms in total. The second kappa shape index (κ2) is 17.4. The molecule has 2 aliphatic heterocycles. The molecular weight excluding hydrogens is 981 g/mol. The van der Waals surface area contributed by atoms with Crippen molar-refractivity contribution >= 4 is 99.7 Å². The van der Waals surface area contributed by atoms with Gasteiger partial charge >= 0.3 is 0 Å². The summed E-state index contributed by atoms with van der Waals surface area (Å²) in [4.78, 5) is 4.75. The number of ether oxygens (including phenoxy) is 2. The molecule has 0 N–H and O–H groups in total. The molecule has 394 valence electrons. The Bertz CT molecular complexity index is 4670. The minimum absolute atomic E-state index is 0.0284. The lowest BCUT2D eigenvalue weighted by Gasteiger charge is -2.32. The quantitative estimate of drug-likeness (QED) is 0.165. The van der Waals surface area contributed by atoms with Crippen molar-refractivity contribution in [2.45, 2.75) is 92.8 Å². The molecule has 2 aliphatic carbocycles. The van der Waals surface area contributed by atoms with Crippen LogP contribution in [0.5, 0.6) is 11.5 Å². The Hall–Kier alpha value is -8.74. The van der Waals surface area contributed by atoms with Gasteiger partial charge in [0, 0.05) is 78.2 Å². The van der Waals surface area contributed by atoms with Gasteiger partial charge in [0.25, 0.3) is 0 Å². The maximum Gasteiger partial charge on any atom is 0.159 e. The fourth-order valence-electron chi connectivity index (χ4n) is 13.6. The van der Waals surface area contributed by atoms with E-state index in [0.717, 1.165) is 116 Å². The number of benzene rings is 9. The van der Waals surface area contributed by atoms with Gasteiger partial charge in [-0.25, -0.2) is 0 Å². The summed E-state index contributed by atoms with van der Waals surface area (Å²) in [5.41, 5.74) is 19.5. The predicted molar refractivity (Wildman–Crippen MR) is 331 cm³/mol. The number of para-hydroxylation sites is 5. The topological polar surface area (TPSA) is 51.2 Å². The Labute approximate surface area is 467 Å². The van der Waals surface area contributed by atoms with Gasteiger partial charge in [0.1, 0.15) is 40.3 Å². The van der Waals surface area contributed by atoms with Crippen LogP contribution < -0.4 is 29.9 Å². The molecule has 0 amide bonds. The van der Waals surface area contributed by atoms with Crippen LogP contribution >= 0.6 is 0 Å². The fourth-order valence-corrected chi connectivity index (χ4v) is 13.6. The van der Waals surface area contributed by atoms with Gasteiger partial charge in [0.05, 0.1) is 11.4 Å². The molecule has 0 spiro atoms. The molecule has 80 heavy (non-hydrogen) atoms. The second-order valence-corrected chi connectivity index (χ2v) is 24.9. The van der Waals surface area contributed by atoms with E-state index in [9.17, 15) is 0 Å². The predicted octanol–water partition coefficient (Wildman–Crippen LogP) is 18.7. The van der Waals surface area contributed by atoms with E-state index in [-0.39, 0.29) is 34.9 Å². The highest BCUT2D eigenvalue weighted by Gasteiger charge is 2.43. The number of furan rings is 2. The number of allylic oxidation sites excluding steroid dienone is 2. The average Bonchev–Trinajstić information content (AvgIpc) is 4.28. The Morgan fingerprint density at radius 2 is 1.12 bits per heavy atom. The van der Waals surface area contributed by atoms with E-state index in [1.165, 1.54) is 39.0 Å². The average molecular weight is 1050 g/mol. The number of aryl methyl sites for hydroxylation is 2. The van der Waals surface area contributed by atoms with E-state index in [4.69, 9.17) is 18.3 Å². The number of nitrogens with zero attached hydrogens (tertiary/aromatic N) is 2. The van der Waals surface area contributed by atoms with Crippen molar-refractivity contribution in [1.29, 1.82) is 0 Å². The molecule has 0 bridgehead atoms. The molecule has 11 aromatic rings. The lowest BCUT2D eigenvalue weighted by molar-refractivity contribution is 0.224. The van der Waals surface area contributed by atoms with Crippen LogP contribution in [-0.2, 0) is 5.41 Å². The van der Waals surface area contributed by atoms with Gasteiger partial charge in [0.2, 0.25) is 0 Å². The van der Waals surface area contributed by atoms with Crippen LogP contribution in [0.2, 0.25) is 0 Å². The lowest BCUT2D eigenvalue weighted by atomic mass is 9.76. The highest BCUT2D eigenvalue weighted by molar-refractivity contribution is 6.12. The van der Waals surface area contributed by atoms with E-state index in [2.05, 4.69) is 261 Å². The zero-order valence-electron chi connectivity index (χ0n) is 47.2. The first-order chi connectivity index (χ1) is 38.6. The summed E-state index contributed by atoms with van der Waals surface area (Å²) in [6.07, 6.45) is 6.57. The summed E-state index contributed by atoms with van der Waals surface area (Å²) in [5, 5.41) is 8.97. The molecule has 4 heterocycles. The normalized spacial score (nSPS) is 18.3. The highest BCUT2D eigenvalue weighted by atomic mass is 16.5. The van der Waals surface area contributed by atoms with Crippen LogP contribution in [0, 0.1) is 25.2 Å². The van der Waals surface area contributed by atoms with Crippen molar-refractivity contribution in [1.82, 2.24) is 0 Å². The first kappa shape index (κ1) is 48.4. The number of hydrogen-bond donors (Lipinski definition) is 0. The molecule has 0 saturated heterocycles. The first-order valence-corrected chi connectivity index (χ1v) is 28.4. The molecule has 6 heteroatoms. The van der Waals surface area contributed by atoms with Crippen molar-refractivity contribution < 1.29 is 18.3 Å². The Morgan fingerprint density at radius 3 is 1.82 bits per heavy atom. The molecular formula is C74H64N2O4. The third kappa shape index (κ3) is 7.23. The molecule has 0 saturated carbocycles. The third-order valence-electron chi connectivity index (χ3n) is 17.9. The molecule has 4 aliphatic rings. The van der Waals surface area contributed by atoms with Crippen molar-refractivity contribution in [2.75, 3.05) is 9.80 Å². The summed E-state index contributed by atoms with van der Waals surface area (Å²) >= 11 is 0. The van der Waals surface area contributed by atoms with Crippen LogP contribution in [0.25, 0.3) is 65.6 Å². The molecule has 4 atom stereocenters. The van der Waals surface area contributed by atoms with E-state index in [1.54, 1.807) is 0 Å². The van der Waals surface area contributed by atoms with E-state index >= 15 is 0 Å². The summed E-state index contributed by atoms with van der Waals surface area (Å²) < 4.78 is 28.4. The van der Waals surface area contributed by atoms with Crippen LogP contribution in [0.4, 0.5) is 34.1 Å². The summed E-state index contributed by atoms with van der Waals surface area (Å²) in [5.74, 6) is 2.08. The van der Waals surface area contributed by atoms with Crippen molar-refractivity contribution in [2.24, 2.45) is 11.3 Å². The van der Waals surface area contributed by atoms with Gasteiger partial charge in [0.15, 0.2) is 5.58 Å². The van der Waals surface area contributed by atoms with Crippen LogP contribution in [0.3, 0.4) is 0 Å². The fraction of sp³-hybridized carbons (Fsp3) is 0.216. The minimum Gasteiger partial charge on any atom is -0.484 e. The number of fused-ring (bicyclic) bond motifs is 14. The van der Waals surface area contributed by atoms with Gasteiger partial charge in [-0.3, -0.25) is 0 Å². The second-order valence-electron chi connectivity index (χ2n) is 24.9. The van der Waals surface area contributed by atoms with E-state index in [0.29, 0.717) is 0 Å².